The largest absolute Gasteiger partial charge is 0.298 e. The Kier molecular flexibility index (Phi) is 4.62. The topological polar surface area (TPSA) is 40.6 Å². The molecule has 2 aliphatic rings. The third kappa shape index (κ3) is 3.30. The van der Waals surface area contributed by atoms with E-state index in [4.69, 9.17) is 0 Å². The first-order valence-electron chi connectivity index (χ1n) is 7.97. The lowest BCUT2D eigenvalue weighted by atomic mass is 9.94. The molecule has 1 aliphatic heterocycles. The predicted molar refractivity (Wildman–Crippen MR) is 83.6 cm³/mol. The number of piperazine rings is 1. The molecule has 0 unspecified atom stereocenters. The lowest BCUT2D eigenvalue weighted by molar-refractivity contribution is 0.111. The van der Waals surface area contributed by atoms with Crippen LogP contribution in [-0.2, 0) is 10.0 Å². The Morgan fingerprint density at radius 1 is 0.857 bits per heavy atom. The molecule has 1 heterocycles. The molecule has 4 nitrogen and oxygen atoms in total. The van der Waals surface area contributed by atoms with Gasteiger partial charge in [0.05, 0.1) is 4.90 Å². The quantitative estimate of drug-likeness (QED) is 0.860. The fraction of sp³-hybridized carbons (Fsp3) is 0.625. The van der Waals surface area contributed by atoms with E-state index in [9.17, 15) is 8.42 Å². The highest BCUT2D eigenvalue weighted by atomic mass is 32.2. The van der Waals surface area contributed by atoms with E-state index in [1.165, 1.54) is 32.1 Å². The number of benzene rings is 1. The summed E-state index contributed by atoms with van der Waals surface area (Å²) in [5.41, 5.74) is 0. The first-order chi connectivity index (χ1) is 10.2. The van der Waals surface area contributed by atoms with Crippen molar-refractivity contribution in [3.8, 4) is 0 Å². The zero-order chi connectivity index (χ0) is 14.7. The summed E-state index contributed by atoms with van der Waals surface area (Å²) in [4.78, 5) is 2.91. The first kappa shape index (κ1) is 15.0. The fourth-order valence-electron chi connectivity index (χ4n) is 3.50. The molecule has 0 aromatic heterocycles. The minimum Gasteiger partial charge on any atom is -0.298 e. The SMILES string of the molecule is O=S(=O)(c1ccccc1)N1CCN(C2CCCCC2)CC1. The van der Waals surface area contributed by atoms with E-state index in [1.54, 1.807) is 28.6 Å². The van der Waals surface area contributed by atoms with E-state index in [1.807, 2.05) is 6.07 Å². The molecule has 1 aromatic carbocycles. The zero-order valence-corrected chi connectivity index (χ0v) is 13.3. The second kappa shape index (κ2) is 6.46. The van der Waals surface area contributed by atoms with Crippen molar-refractivity contribution in [2.45, 2.75) is 43.0 Å². The Morgan fingerprint density at radius 2 is 1.48 bits per heavy atom. The fourth-order valence-corrected chi connectivity index (χ4v) is 4.94. The van der Waals surface area contributed by atoms with Crippen molar-refractivity contribution in [3.05, 3.63) is 30.3 Å². The van der Waals surface area contributed by atoms with E-state index in [-0.39, 0.29) is 0 Å². The number of nitrogens with zero attached hydrogens (tertiary/aromatic N) is 2. The van der Waals surface area contributed by atoms with Crippen LogP contribution >= 0.6 is 0 Å². The summed E-state index contributed by atoms with van der Waals surface area (Å²) in [5, 5.41) is 0. The second-order valence-corrected chi connectivity index (χ2v) is 7.98. The molecule has 21 heavy (non-hydrogen) atoms. The van der Waals surface area contributed by atoms with Gasteiger partial charge in [0.1, 0.15) is 0 Å². The Hall–Kier alpha value is -0.910. The van der Waals surface area contributed by atoms with Crippen LogP contribution in [0.3, 0.4) is 0 Å². The van der Waals surface area contributed by atoms with Gasteiger partial charge in [-0.3, -0.25) is 4.90 Å². The molecule has 0 atom stereocenters. The minimum atomic E-state index is -3.31. The lowest BCUT2D eigenvalue weighted by Crippen LogP contribution is -2.52. The molecular formula is C16H24N2O2S. The Balaban J connectivity index is 1.63. The van der Waals surface area contributed by atoms with Crippen molar-refractivity contribution in [1.29, 1.82) is 0 Å². The molecule has 1 saturated carbocycles. The van der Waals surface area contributed by atoms with Gasteiger partial charge in [-0.05, 0) is 25.0 Å². The predicted octanol–water partition coefficient (Wildman–Crippen LogP) is 2.33. The van der Waals surface area contributed by atoms with E-state index >= 15 is 0 Å². The van der Waals surface area contributed by atoms with Gasteiger partial charge in [0.2, 0.25) is 10.0 Å². The molecule has 1 aliphatic carbocycles. The van der Waals surface area contributed by atoms with E-state index in [0.29, 0.717) is 24.0 Å². The summed E-state index contributed by atoms with van der Waals surface area (Å²) in [6.07, 6.45) is 6.58. The Labute approximate surface area is 127 Å². The van der Waals surface area contributed by atoms with Gasteiger partial charge in [-0.1, -0.05) is 37.5 Å². The van der Waals surface area contributed by atoms with Crippen LogP contribution in [0.25, 0.3) is 0 Å². The summed E-state index contributed by atoms with van der Waals surface area (Å²) in [6.45, 7) is 2.98. The highest BCUT2D eigenvalue weighted by molar-refractivity contribution is 7.89. The summed E-state index contributed by atoms with van der Waals surface area (Å²) < 4.78 is 26.8. The normalized spacial score (nSPS) is 23.2. The molecule has 2 fully saturated rings. The third-order valence-corrected chi connectivity index (χ3v) is 6.66. The van der Waals surface area contributed by atoms with Crippen molar-refractivity contribution < 1.29 is 8.42 Å². The van der Waals surface area contributed by atoms with Gasteiger partial charge < -0.3 is 0 Å². The number of hydrogen-bond acceptors (Lipinski definition) is 3. The van der Waals surface area contributed by atoms with Crippen molar-refractivity contribution in [2.24, 2.45) is 0 Å². The van der Waals surface area contributed by atoms with Gasteiger partial charge in [0.25, 0.3) is 0 Å². The monoisotopic (exact) mass is 308 g/mol. The van der Waals surface area contributed by atoms with Crippen LogP contribution in [0.5, 0.6) is 0 Å². The molecule has 1 aromatic rings. The second-order valence-electron chi connectivity index (χ2n) is 6.04. The van der Waals surface area contributed by atoms with Gasteiger partial charge in [0, 0.05) is 32.2 Å². The van der Waals surface area contributed by atoms with E-state index < -0.39 is 10.0 Å². The maximum absolute atomic E-state index is 12.6. The first-order valence-corrected chi connectivity index (χ1v) is 9.41. The van der Waals surface area contributed by atoms with Crippen LogP contribution < -0.4 is 0 Å². The minimum absolute atomic E-state index is 0.413. The molecule has 0 spiro atoms. The number of hydrogen-bond donors (Lipinski definition) is 0. The molecule has 0 radical (unpaired) electrons. The highest BCUT2D eigenvalue weighted by Gasteiger charge is 2.31. The van der Waals surface area contributed by atoms with Crippen LogP contribution in [0.2, 0.25) is 0 Å². The van der Waals surface area contributed by atoms with Crippen LogP contribution in [0, 0.1) is 0 Å². The Morgan fingerprint density at radius 3 is 2.10 bits per heavy atom. The smallest absolute Gasteiger partial charge is 0.243 e. The average Bonchev–Trinajstić information content (AvgIpc) is 2.57. The molecule has 0 N–H and O–H groups in total. The lowest BCUT2D eigenvalue weighted by Gasteiger charge is -2.40. The van der Waals surface area contributed by atoms with Crippen molar-refractivity contribution >= 4 is 10.0 Å². The zero-order valence-electron chi connectivity index (χ0n) is 12.4. The molecule has 0 bridgehead atoms. The van der Waals surface area contributed by atoms with Crippen LogP contribution in [0.1, 0.15) is 32.1 Å². The number of rotatable bonds is 3. The number of sulfonamides is 1. The molecule has 1 saturated heterocycles. The maximum Gasteiger partial charge on any atom is 0.243 e. The van der Waals surface area contributed by atoms with Crippen LogP contribution in [0.15, 0.2) is 35.2 Å². The van der Waals surface area contributed by atoms with Gasteiger partial charge in [0.15, 0.2) is 0 Å². The van der Waals surface area contributed by atoms with Crippen LogP contribution in [0.4, 0.5) is 0 Å². The molecule has 116 valence electrons. The average molecular weight is 308 g/mol. The van der Waals surface area contributed by atoms with Gasteiger partial charge in [-0.2, -0.15) is 4.31 Å². The van der Waals surface area contributed by atoms with Crippen molar-refractivity contribution in [1.82, 2.24) is 9.21 Å². The summed E-state index contributed by atoms with van der Waals surface area (Å²) >= 11 is 0. The summed E-state index contributed by atoms with van der Waals surface area (Å²) in [6, 6.07) is 9.46. The molecular weight excluding hydrogens is 284 g/mol. The van der Waals surface area contributed by atoms with Crippen molar-refractivity contribution in [3.63, 3.8) is 0 Å². The molecule has 0 amide bonds. The van der Waals surface area contributed by atoms with Crippen LogP contribution in [-0.4, -0.2) is 49.8 Å². The van der Waals surface area contributed by atoms with Gasteiger partial charge in [-0.15, -0.1) is 0 Å². The highest BCUT2D eigenvalue weighted by Crippen LogP contribution is 2.25. The maximum atomic E-state index is 12.6. The standard InChI is InChI=1S/C16H24N2O2S/c19-21(20,16-9-5-2-6-10-16)18-13-11-17(12-14-18)15-7-3-1-4-8-15/h2,5-6,9-10,15H,1,3-4,7-8,11-14H2. The van der Waals surface area contributed by atoms with Crippen molar-refractivity contribution in [2.75, 3.05) is 26.2 Å². The molecule has 5 heteroatoms. The van der Waals surface area contributed by atoms with E-state index in [2.05, 4.69) is 4.90 Å². The third-order valence-electron chi connectivity index (χ3n) is 4.75. The molecule has 3 rings (SSSR count). The van der Waals surface area contributed by atoms with E-state index in [0.717, 1.165) is 13.1 Å². The van der Waals surface area contributed by atoms with Gasteiger partial charge >= 0.3 is 0 Å². The summed E-state index contributed by atoms with van der Waals surface area (Å²) in [5.74, 6) is 0. The van der Waals surface area contributed by atoms with Gasteiger partial charge in [-0.25, -0.2) is 8.42 Å². The summed E-state index contributed by atoms with van der Waals surface area (Å²) in [7, 11) is -3.31. The Bertz CT molecular complexity index is 545.